The van der Waals surface area contributed by atoms with Gasteiger partial charge < -0.3 is 10.5 Å². The average Bonchev–Trinajstić information content (AvgIpc) is 2.33. The number of nitrogens with zero attached hydrogens (tertiary/aromatic N) is 2. The van der Waals surface area contributed by atoms with Crippen molar-refractivity contribution in [1.29, 1.82) is 0 Å². The molecule has 0 radical (unpaired) electrons. The number of hydrogen-bond acceptors (Lipinski definition) is 4. The number of morpholine rings is 1. The van der Waals surface area contributed by atoms with Crippen LogP contribution in [0.1, 0.15) is 19.3 Å². The molecule has 0 saturated carbocycles. The van der Waals surface area contributed by atoms with Crippen LogP contribution in [0.15, 0.2) is 0 Å². The molecule has 2 aliphatic heterocycles. The number of rotatable bonds is 4. The molecule has 0 amide bonds. The van der Waals surface area contributed by atoms with Crippen LogP contribution in [-0.4, -0.2) is 68.3 Å². The molecule has 1 atom stereocenters. The van der Waals surface area contributed by atoms with Crippen molar-refractivity contribution in [3.05, 3.63) is 0 Å². The normalized spacial score (nSPS) is 26.2. The zero-order valence-corrected chi connectivity index (χ0v) is 12.7. The van der Waals surface area contributed by atoms with Gasteiger partial charge in [-0.15, -0.1) is 24.8 Å². The molecule has 0 aromatic rings. The summed E-state index contributed by atoms with van der Waals surface area (Å²) in [5, 5.41) is 0. The third-order valence-electron chi connectivity index (χ3n) is 3.74. The molecule has 2 heterocycles. The van der Waals surface area contributed by atoms with E-state index in [1.165, 1.54) is 32.4 Å². The summed E-state index contributed by atoms with van der Waals surface area (Å²) < 4.78 is 5.39. The van der Waals surface area contributed by atoms with Crippen LogP contribution < -0.4 is 5.73 Å². The summed E-state index contributed by atoms with van der Waals surface area (Å²) >= 11 is 0. The van der Waals surface area contributed by atoms with E-state index in [0.717, 1.165) is 45.4 Å². The number of nitrogens with two attached hydrogens (primary N) is 1. The van der Waals surface area contributed by atoms with E-state index in [1.807, 2.05) is 0 Å². The zero-order valence-electron chi connectivity index (χ0n) is 11.1. The molecule has 0 aromatic heterocycles. The van der Waals surface area contributed by atoms with E-state index in [2.05, 4.69) is 9.80 Å². The molecule has 2 saturated heterocycles. The van der Waals surface area contributed by atoms with Crippen LogP contribution in [-0.2, 0) is 4.74 Å². The molecule has 2 aliphatic rings. The predicted molar refractivity (Wildman–Crippen MR) is 80.0 cm³/mol. The second kappa shape index (κ2) is 10.2. The summed E-state index contributed by atoms with van der Waals surface area (Å²) in [7, 11) is 0. The van der Waals surface area contributed by atoms with Crippen molar-refractivity contribution in [2.45, 2.75) is 25.3 Å². The van der Waals surface area contributed by atoms with Crippen LogP contribution in [0.2, 0.25) is 0 Å². The first-order valence-corrected chi connectivity index (χ1v) is 6.64. The van der Waals surface area contributed by atoms with Crippen molar-refractivity contribution in [3.63, 3.8) is 0 Å². The van der Waals surface area contributed by atoms with E-state index in [4.69, 9.17) is 10.5 Å². The average molecular weight is 300 g/mol. The summed E-state index contributed by atoms with van der Waals surface area (Å²) in [6.45, 7) is 8.33. The third kappa shape index (κ3) is 5.59. The fourth-order valence-electron chi connectivity index (χ4n) is 2.81. The summed E-state index contributed by atoms with van der Waals surface area (Å²) in [5.41, 5.74) is 5.68. The van der Waals surface area contributed by atoms with Gasteiger partial charge in [-0.3, -0.25) is 9.80 Å². The molecule has 0 spiro atoms. The minimum Gasteiger partial charge on any atom is -0.379 e. The first-order valence-electron chi connectivity index (χ1n) is 6.64. The fourth-order valence-corrected chi connectivity index (χ4v) is 2.81. The number of ether oxygens (including phenoxy) is 1. The summed E-state index contributed by atoms with van der Waals surface area (Å²) in [4.78, 5) is 5.13. The van der Waals surface area contributed by atoms with Crippen molar-refractivity contribution in [1.82, 2.24) is 9.80 Å². The Labute approximate surface area is 123 Å². The first kappa shape index (κ1) is 18.4. The largest absolute Gasteiger partial charge is 0.379 e. The molecule has 2 rings (SSSR count). The fraction of sp³-hybridized carbons (Fsp3) is 1.00. The summed E-state index contributed by atoms with van der Waals surface area (Å²) in [6, 6.07) is 0.732. The number of hydrogen-bond donors (Lipinski definition) is 1. The van der Waals surface area contributed by atoms with E-state index < -0.39 is 0 Å². The molecular formula is C12H27Cl2N3O. The van der Waals surface area contributed by atoms with Crippen LogP contribution >= 0.6 is 24.8 Å². The topological polar surface area (TPSA) is 41.7 Å². The molecule has 18 heavy (non-hydrogen) atoms. The lowest BCUT2D eigenvalue weighted by atomic mass is 10.0. The Hall–Kier alpha value is 0.420. The molecule has 6 heteroatoms. The van der Waals surface area contributed by atoms with Crippen molar-refractivity contribution in [3.8, 4) is 0 Å². The lowest BCUT2D eigenvalue weighted by Gasteiger charge is -2.39. The van der Waals surface area contributed by atoms with Crippen LogP contribution in [0, 0.1) is 0 Å². The van der Waals surface area contributed by atoms with Crippen LogP contribution in [0.3, 0.4) is 0 Å². The third-order valence-corrected chi connectivity index (χ3v) is 3.74. The maximum Gasteiger partial charge on any atom is 0.0594 e. The Morgan fingerprint density at radius 1 is 1.06 bits per heavy atom. The minimum absolute atomic E-state index is 0. The molecular weight excluding hydrogens is 273 g/mol. The maximum atomic E-state index is 5.68. The van der Waals surface area contributed by atoms with E-state index in [9.17, 15) is 0 Å². The van der Waals surface area contributed by atoms with Crippen molar-refractivity contribution in [2.24, 2.45) is 5.73 Å². The minimum atomic E-state index is 0. The van der Waals surface area contributed by atoms with Crippen molar-refractivity contribution in [2.75, 3.05) is 52.5 Å². The SMILES string of the molecule is Cl.Cl.NCCN1CCCCC1CN1CCOCC1. The van der Waals surface area contributed by atoms with E-state index in [1.54, 1.807) is 0 Å². The van der Waals surface area contributed by atoms with Gasteiger partial charge in [-0.05, 0) is 19.4 Å². The van der Waals surface area contributed by atoms with E-state index in [0.29, 0.717) is 0 Å². The summed E-state index contributed by atoms with van der Waals surface area (Å²) in [5.74, 6) is 0. The standard InChI is InChI=1S/C12H25N3O.2ClH/c13-4-6-15-5-2-1-3-12(15)11-14-7-9-16-10-8-14;;/h12H,1-11,13H2;2*1H. The van der Waals surface area contributed by atoms with Gasteiger partial charge in [0.2, 0.25) is 0 Å². The number of piperidine rings is 1. The monoisotopic (exact) mass is 299 g/mol. The second-order valence-electron chi connectivity index (χ2n) is 4.89. The Morgan fingerprint density at radius 3 is 2.44 bits per heavy atom. The van der Waals surface area contributed by atoms with Gasteiger partial charge >= 0.3 is 0 Å². The van der Waals surface area contributed by atoms with Crippen molar-refractivity contribution < 1.29 is 4.74 Å². The van der Waals surface area contributed by atoms with E-state index >= 15 is 0 Å². The smallest absolute Gasteiger partial charge is 0.0594 e. The van der Waals surface area contributed by atoms with Crippen LogP contribution in [0.5, 0.6) is 0 Å². The Balaban J connectivity index is 0.00000144. The second-order valence-corrected chi connectivity index (χ2v) is 4.89. The molecule has 0 aliphatic carbocycles. The van der Waals surface area contributed by atoms with Crippen LogP contribution in [0.25, 0.3) is 0 Å². The lowest BCUT2D eigenvalue weighted by molar-refractivity contribution is 0.0172. The van der Waals surface area contributed by atoms with Crippen LogP contribution in [0.4, 0.5) is 0 Å². The number of likely N-dealkylation sites (tertiary alicyclic amines) is 1. The maximum absolute atomic E-state index is 5.68. The molecule has 2 N–H and O–H groups in total. The van der Waals surface area contributed by atoms with Gasteiger partial charge in [0.05, 0.1) is 13.2 Å². The Kier molecular flexibility index (Phi) is 10.5. The van der Waals surface area contributed by atoms with Gasteiger partial charge in [-0.25, -0.2) is 0 Å². The molecule has 1 unspecified atom stereocenters. The first-order chi connectivity index (χ1) is 7.90. The zero-order chi connectivity index (χ0) is 11.2. The van der Waals surface area contributed by atoms with Gasteiger partial charge in [0, 0.05) is 38.8 Å². The van der Waals surface area contributed by atoms with Gasteiger partial charge in [0.25, 0.3) is 0 Å². The van der Waals surface area contributed by atoms with Crippen molar-refractivity contribution >= 4 is 24.8 Å². The predicted octanol–water partition coefficient (Wildman–Crippen LogP) is 0.975. The molecule has 0 bridgehead atoms. The Bertz CT molecular complexity index is 202. The quantitative estimate of drug-likeness (QED) is 0.840. The molecule has 110 valence electrons. The van der Waals surface area contributed by atoms with Gasteiger partial charge in [-0.1, -0.05) is 6.42 Å². The summed E-state index contributed by atoms with van der Waals surface area (Å²) in [6.07, 6.45) is 4.08. The highest BCUT2D eigenvalue weighted by atomic mass is 35.5. The highest BCUT2D eigenvalue weighted by Gasteiger charge is 2.24. The molecule has 4 nitrogen and oxygen atoms in total. The highest BCUT2D eigenvalue weighted by Crippen LogP contribution is 2.17. The molecule has 2 fully saturated rings. The molecule has 0 aromatic carbocycles. The Morgan fingerprint density at radius 2 is 1.78 bits per heavy atom. The van der Waals surface area contributed by atoms with Gasteiger partial charge in [0.15, 0.2) is 0 Å². The van der Waals surface area contributed by atoms with E-state index in [-0.39, 0.29) is 24.8 Å². The lowest BCUT2D eigenvalue weighted by Crippen LogP contribution is -2.50. The highest BCUT2D eigenvalue weighted by molar-refractivity contribution is 5.85. The number of halogens is 2. The van der Waals surface area contributed by atoms with Gasteiger partial charge in [0.1, 0.15) is 0 Å². The van der Waals surface area contributed by atoms with Gasteiger partial charge in [-0.2, -0.15) is 0 Å².